The Morgan fingerprint density at radius 3 is 2.90 bits per heavy atom. The molecule has 4 nitrogen and oxygen atoms in total. The maximum Gasteiger partial charge on any atom is 0.314 e. The van der Waals surface area contributed by atoms with Gasteiger partial charge in [-0.25, -0.2) is 9.18 Å². The Balaban J connectivity index is 1.57. The van der Waals surface area contributed by atoms with Crippen molar-refractivity contribution in [2.45, 2.75) is 38.2 Å². The molecule has 1 aromatic rings. The second-order valence-electron chi connectivity index (χ2n) is 5.63. The number of carbonyl (C=O) groups is 1. The summed E-state index contributed by atoms with van der Waals surface area (Å²) in [6.45, 7) is 1.08. The molecule has 1 aromatic carbocycles. The molecule has 1 aliphatic rings. The molecule has 1 saturated carbocycles. The average Bonchev–Trinajstić information content (AvgIpc) is 2.87. The molecule has 21 heavy (non-hydrogen) atoms. The zero-order valence-corrected chi connectivity index (χ0v) is 12.1. The predicted octanol–water partition coefficient (Wildman–Crippen LogP) is 2.22. The molecule has 5 heteroatoms. The van der Waals surface area contributed by atoms with Crippen molar-refractivity contribution in [2.75, 3.05) is 13.1 Å². The Bertz CT molecular complexity index is 467. The average molecular weight is 294 g/mol. The molecular formula is C16H23FN2O2. The number of halogens is 1. The van der Waals surface area contributed by atoms with E-state index in [9.17, 15) is 14.3 Å². The first-order valence-electron chi connectivity index (χ1n) is 7.59. The quantitative estimate of drug-likeness (QED) is 0.705. The fourth-order valence-corrected chi connectivity index (χ4v) is 2.73. The third-order valence-electron chi connectivity index (χ3n) is 3.96. The molecule has 116 valence electrons. The summed E-state index contributed by atoms with van der Waals surface area (Å²) in [5.41, 5.74) is 0.936. The van der Waals surface area contributed by atoms with Gasteiger partial charge in [-0.05, 0) is 43.4 Å². The van der Waals surface area contributed by atoms with Crippen molar-refractivity contribution in [1.29, 1.82) is 0 Å². The van der Waals surface area contributed by atoms with Gasteiger partial charge < -0.3 is 15.7 Å². The largest absolute Gasteiger partial charge is 0.393 e. The van der Waals surface area contributed by atoms with Crippen LogP contribution in [-0.4, -0.2) is 30.3 Å². The first kappa shape index (κ1) is 15.8. The summed E-state index contributed by atoms with van der Waals surface area (Å²) in [4.78, 5) is 11.6. The molecule has 1 fully saturated rings. The maximum absolute atomic E-state index is 13.0. The minimum Gasteiger partial charge on any atom is -0.393 e. The number of amides is 2. The van der Waals surface area contributed by atoms with Gasteiger partial charge in [0.05, 0.1) is 6.10 Å². The molecule has 0 bridgehead atoms. The Labute approximate surface area is 124 Å². The lowest BCUT2D eigenvalue weighted by Gasteiger charge is -2.15. The van der Waals surface area contributed by atoms with Gasteiger partial charge in [0, 0.05) is 19.0 Å². The van der Waals surface area contributed by atoms with Crippen LogP contribution in [0.2, 0.25) is 0 Å². The van der Waals surface area contributed by atoms with Crippen LogP contribution in [0.25, 0.3) is 0 Å². The molecule has 2 rings (SSSR count). The van der Waals surface area contributed by atoms with Gasteiger partial charge in [-0.1, -0.05) is 18.6 Å². The lowest BCUT2D eigenvalue weighted by atomic mass is 10.1. The third kappa shape index (κ3) is 5.34. The number of hydrogen-bond acceptors (Lipinski definition) is 2. The van der Waals surface area contributed by atoms with E-state index in [1.807, 2.05) is 6.07 Å². The molecule has 1 aliphatic carbocycles. The summed E-state index contributed by atoms with van der Waals surface area (Å²) in [5.74, 6) is -0.0450. The van der Waals surface area contributed by atoms with E-state index < -0.39 is 0 Å². The Kier molecular flexibility index (Phi) is 5.99. The van der Waals surface area contributed by atoms with E-state index in [1.165, 1.54) is 12.1 Å². The van der Waals surface area contributed by atoms with Gasteiger partial charge in [-0.2, -0.15) is 0 Å². The van der Waals surface area contributed by atoms with Crippen LogP contribution >= 0.6 is 0 Å². The van der Waals surface area contributed by atoms with Crippen molar-refractivity contribution < 1.29 is 14.3 Å². The van der Waals surface area contributed by atoms with E-state index in [-0.39, 0.29) is 23.9 Å². The predicted molar refractivity (Wildman–Crippen MR) is 79.5 cm³/mol. The summed E-state index contributed by atoms with van der Waals surface area (Å²) in [7, 11) is 0. The summed E-state index contributed by atoms with van der Waals surface area (Å²) in [6.07, 6.45) is 4.06. The number of aryl methyl sites for hydroxylation is 1. The van der Waals surface area contributed by atoms with E-state index in [0.717, 1.165) is 37.7 Å². The highest BCUT2D eigenvalue weighted by molar-refractivity contribution is 5.73. The second kappa shape index (κ2) is 7.98. The summed E-state index contributed by atoms with van der Waals surface area (Å²) in [6, 6.07) is 6.31. The normalized spacial score (nSPS) is 21.2. The molecule has 0 radical (unpaired) electrons. The molecule has 0 saturated heterocycles. The number of nitrogens with one attached hydrogen (secondary N) is 2. The van der Waals surface area contributed by atoms with Gasteiger partial charge in [0.2, 0.25) is 0 Å². The van der Waals surface area contributed by atoms with Crippen LogP contribution in [0.5, 0.6) is 0 Å². The number of urea groups is 1. The molecule has 3 N–H and O–H groups in total. The molecule has 2 amide bonds. The van der Waals surface area contributed by atoms with Gasteiger partial charge in [0.15, 0.2) is 0 Å². The van der Waals surface area contributed by atoms with Gasteiger partial charge in [-0.3, -0.25) is 0 Å². The number of rotatable bonds is 6. The summed E-state index contributed by atoms with van der Waals surface area (Å²) < 4.78 is 13.0. The van der Waals surface area contributed by atoms with Crippen LogP contribution in [0.15, 0.2) is 24.3 Å². The zero-order chi connectivity index (χ0) is 15.1. The Morgan fingerprint density at radius 1 is 1.33 bits per heavy atom. The standard InChI is InChI=1S/C16H23FN2O2/c17-14-7-1-4-12(10-14)5-3-9-18-16(21)19-11-13-6-2-8-15(13)20/h1,4,7,10,13,15,20H,2-3,5-6,8-9,11H2,(H2,18,19,21)/t13-,15-/m0/s1. The second-order valence-corrected chi connectivity index (χ2v) is 5.63. The van der Waals surface area contributed by atoms with Crippen molar-refractivity contribution in [1.82, 2.24) is 10.6 Å². The van der Waals surface area contributed by atoms with Crippen molar-refractivity contribution in [3.8, 4) is 0 Å². The molecule has 0 aliphatic heterocycles. The van der Waals surface area contributed by atoms with Gasteiger partial charge in [-0.15, -0.1) is 0 Å². The number of hydrogen-bond donors (Lipinski definition) is 3. The minimum absolute atomic E-state index is 0.183. The lowest BCUT2D eigenvalue weighted by Crippen LogP contribution is -2.40. The fraction of sp³-hybridized carbons (Fsp3) is 0.562. The van der Waals surface area contributed by atoms with E-state index in [1.54, 1.807) is 6.07 Å². The molecule has 0 spiro atoms. The molecule has 2 atom stereocenters. The summed E-state index contributed by atoms with van der Waals surface area (Å²) >= 11 is 0. The fourth-order valence-electron chi connectivity index (χ4n) is 2.73. The number of benzene rings is 1. The van der Waals surface area contributed by atoms with Crippen molar-refractivity contribution in [2.24, 2.45) is 5.92 Å². The van der Waals surface area contributed by atoms with E-state index in [2.05, 4.69) is 10.6 Å². The number of aliphatic hydroxyl groups is 1. The van der Waals surface area contributed by atoms with E-state index in [0.29, 0.717) is 13.1 Å². The SMILES string of the molecule is O=C(NCCCc1cccc(F)c1)NC[C@@H]1CCC[C@@H]1O. The van der Waals surface area contributed by atoms with Crippen molar-refractivity contribution >= 4 is 6.03 Å². The van der Waals surface area contributed by atoms with Gasteiger partial charge in [0.1, 0.15) is 5.82 Å². The highest BCUT2D eigenvalue weighted by Gasteiger charge is 2.25. The van der Waals surface area contributed by atoms with Gasteiger partial charge in [0.25, 0.3) is 0 Å². The van der Waals surface area contributed by atoms with Crippen molar-refractivity contribution in [3.05, 3.63) is 35.6 Å². The van der Waals surface area contributed by atoms with Crippen LogP contribution in [0.3, 0.4) is 0 Å². The van der Waals surface area contributed by atoms with Gasteiger partial charge >= 0.3 is 6.03 Å². The number of aliphatic hydroxyl groups excluding tert-OH is 1. The van der Waals surface area contributed by atoms with Crippen LogP contribution < -0.4 is 10.6 Å². The highest BCUT2D eigenvalue weighted by Crippen LogP contribution is 2.24. The van der Waals surface area contributed by atoms with Crippen LogP contribution in [-0.2, 0) is 6.42 Å². The lowest BCUT2D eigenvalue weighted by molar-refractivity contribution is 0.132. The molecule has 0 heterocycles. The van der Waals surface area contributed by atoms with Crippen molar-refractivity contribution in [3.63, 3.8) is 0 Å². The van der Waals surface area contributed by atoms with Crippen LogP contribution in [0.1, 0.15) is 31.2 Å². The molecular weight excluding hydrogens is 271 g/mol. The Morgan fingerprint density at radius 2 is 2.19 bits per heavy atom. The zero-order valence-electron chi connectivity index (χ0n) is 12.1. The first-order valence-corrected chi connectivity index (χ1v) is 7.59. The molecule has 0 unspecified atom stereocenters. The maximum atomic E-state index is 13.0. The number of carbonyl (C=O) groups excluding carboxylic acids is 1. The highest BCUT2D eigenvalue weighted by atomic mass is 19.1. The minimum atomic E-state index is -0.279. The smallest absolute Gasteiger partial charge is 0.314 e. The van der Waals surface area contributed by atoms with Crippen LogP contribution in [0.4, 0.5) is 9.18 Å². The molecule has 0 aromatic heterocycles. The topological polar surface area (TPSA) is 61.4 Å². The Hall–Kier alpha value is -1.62. The van der Waals surface area contributed by atoms with E-state index >= 15 is 0 Å². The monoisotopic (exact) mass is 294 g/mol. The van der Waals surface area contributed by atoms with Crippen LogP contribution in [0, 0.1) is 11.7 Å². The third-order valence-corrected chi connectivity index (χ3v) is 3.96. The summed E-state index contributed by atoms with van der Waals surface area (Å²) in [5, 5.41) is 15.2. The first-order chi connectivity index (χ1) is 10.1. The van der Waals surface area contributed by atoms with E-state index in [4.69, 9.17) is 0 Å².